The number of urea groups is 1. The van der Waals surface area contributed by atoms with E-state index in [1.165, 1.54) is 0 Å². The fourth-order valence-electron chi connectivity index (χ4n) is 3.05. The molecular weight excluding hydrogens is 272 g/mol. The molecule has 2 amide bonds. The van der Waals surface area contributed by atoms with E-state index in [2.05, 4.69) is 5.32 Å². The number of likely N-dealkylation sites (tertiary alicyclic amines) is 1. The van der Waals surface area contributed by atoms with Gasteiger partial charge in [-0.3, -0.25) is 4.79 Å². The van der Waals surface area contributed by atoms with Crippen LogP contribution >= 0.6 is 0 Å². The van der Waals surface area contributed by atoms with Gasteiger partial charge in [-0.05, 0) is 37.5 Å². The zero-order chi connectivity index (χ0) is 15.5. The van der Waals surface area contributed by atoms with Gasteiger partial charge in [0.15, 0.2) is 0 Å². The monoisotopic (exact) mass is 298 g/mol. The predicted molar refractivity (Wildman–Crippen MR) is 78.1 cm³/mol. The largest absolute Gasteiger partial charge is 0.481 e. The number of ether oxygens (including phenoxy) is 1. The summed E-state index contributed by atoms with van der Waals surface area (Å²) >= 11 is 0. The van der Waals surface area contributed by atoms with Gasteiger partial charge in [-0.25, -0.2) is 4.79 Å². The number of methoxy groups -OCH3 is 1. The number of nitrogens with zero attached hydrogens (tertiary/aromatic N) is 1. The molecule has 1 aliphatic heterocycles. The molecule has 0 aromatic carbocycles. The average molecular weight is 298 g/mol. The third-order valence-electron chi connectivity index (χ3n) is 5.18. The van der Waals surface area contributed by atoms with Crippen LogP contribution in [0.1, 0.15) is 39.0 Å². The molecule has 1 saturated heterocycles. The molecule has 6 nitrogen and oxygen atoms in total. The normalized spacial score (nSPS) is 26.7. The first-order valence-corrected chi connectivity index (χ1v) is 7.72. The number of carbonyl (C=O) groups is 2. The summed E-state index contributed by atoms with van der Waals surface area (Å²) in [6, 6.07) is -0.129. The summed E-state index contributed by atoms with van der Waals surface area (Å²) in [5.41, 5.74) is -0.551. The summed E-state index contributed by atoms with van der Waals surface area (Å²) < 4.78 is 5.10. The second-order valence-corrected chi connectivity index (χ2v) is 6.51. The van der Waals surface area contributed by atoms with Crippen molar-refractivity contribution >= 4 is 12.0 Å². The number of amides is 2. The van der Waals surface area contributed by atoms with Gasteiger partial charge in [-0.2, -0.15) is 0 Å². The first-order chi connectivity index (χ1) is 9.97. The van der Waals surface area contributed by atoms with Gasteiger partial charge in [0.05, 0.1) is 5.41 Å². The van der Waals surface area contributed by atoms with Crippen molar-refractivity contribution in [1.82, 2.24) is 10.2 Å². The van der Waals surface area contributed by atoms with E-state index in [-0.39, 0.29) is 11.4 Å². The van der Waals surface area contributed by atoms with Gasteiger partial charge in [-0.1, -0.05) is 6.92 Å². The summed E-state index contributed by atoms with van der Waals surface area (Å²) in [5, 5.41) is 12.3. The third kappa shape index (κ3) is 3.48. The maximum atomic E-state index is 12.2. The first-order valence-electron chi connectivity index (χ1n) is 7.72. The Bertz CT molecular complexity index is 408. The number of carboxylic acids is 1. The maximum Gasteiger partial charge on any atom is 0.317 e. The number of hydrogen-bond acceptors (Lipinski definition) is 3. The van der Waals surface area contributed by atoms with Crippen LogP contribution in [0.4, 0.5) is 4.79 Å². The molecular formula is C15H26N2O4. The Balaban J connectivity index is 1.81. The van der Waals surface area contributed by atoms with Gasteiger partial charge in [0.25, 0.3) is 0 Å². The molecule has 1 unspecified atom stereocenters. The standard InChI is InChI=1S/C15H26N2O4/c1-3-15(12(18)19)6-8-17(11-15)13(20)16-10-14(4-5-14)7-9-21-2/h3-11H2,1-2H3,(H,16,20)(H,18,19). The summed E-state index contributed by atoms with van der Waals surface area (Å²) in [4.78, 5) is 25.2. The quantitative estimate of drug-likeness (QED) is 0.750. The molecule has 21 heavy (non-hydrogen) atoms. The molecule has 2 aliphatic rings. The number of rotatable bonds is 7. The molecule has 2 rings (SSSR count). The lowest BCUT2D eigenvalue weighted by Crippen LogP contribution is -2.43. The molecule has 0 spiro atoms. The average Bonchev–Trinajstić information content (AvgIpc) is 3.10. The Hall–Kier alpha value is -1.30. The van der Waals surface area contributed by atoms with Crippen molar-refractivity contribution in [2.75, 3.05) is 33.4 Å². The highest BCUT2D eigenvalue weighted by atomic mass is 16.5. The Kier molecular flexibility index (Phi) is 4.76. The van der Waals surface area contributed by atoms with E-state index in [1.54, 1.807) is 12.0 Å². The van der Waals surface area contributed by atoms with E-state index in [4.69, 9.17) is 4.74 Å². The lowest BCUT2D eigenvalue weighted by atomic mass is 9.84. The highest BCUT2D eigenvalue weighted by molar-refractivity contribution is 5.79. The molecule has 6 heteroatoms. The maximum absolute atomic E-state index is 12.2. The summed E-state index contributed by atoms with van der Waals surface area (Å²) in [6.45, 7) is 4.10. The molecule has 1 atom stereocenters. The Labute approximate surface area is 125 Å². The van der Waals surface area contributed by atoms with Crippen LogP contribution in [0, 0.1) is 10.8 Å². The third-order valence-corrected chi connectivity index (χ3v) is 5.18. The van der Waals surface area contributed by atoms with Gasteiger partial charge < -0.3 is 20.1 Å². The van der Waals surface area contributed by atoms with E-state index in [0.29, 0.717) is 32.5 Å². The number of hydrogen-bond donors (Lipinski definition) is 2. The van der Waals surface area contributed by atoms with Gasteiger partial charge in [-0.15, -0.1) is 0 Å². The minimum Gasteiger partial charge on any atom is -0.481 e. The highest BCUT2D eigenvalue weighted by Gasteiger charge is 2.46. The van der Waals surface area contributed by atoms with E-state index in [1.807, 2.05) is 6.92 Å². The van der Waals surface area contributed by atoms with Crippen molar-refractivity contribution in [3.05, 3.63) is 0 Å². The number of carboxylic acid groups (broad SMARTS) is 1. The van der Waals surface area contributed by atoms with E-state index >= 15 is 0 Å². The smallest absolute Gasteiger partial charge is 0.317 e. The highest BCUT2D eigenvalue weighted by Crippen LogP contribution is 2.48. The Morgan fingerprint density at radius 2 is 2.05 bits per heavy atom. The fraction of sp³-hybridized carbons (Fsp3) is 0.867. The molecule has 120 valence electrons. The molecule has 0 bridgehead atoms. The van der Waals surface area contributed by atoms with E-state index < -0.39 is 11.4 Å². The second-order valence-electron chi connectivity index (χ2n) is 6.51. The molecule has 2 fully saturated rings. The number of carbonyl (C=O) groups excluding carboxylic acids is 1. The van der Waals surface area contributed by atoms with Crippen molar-refractivity contribution in [3.8, 4) is 0 Å². The van der Waals surface area contributed by atoms with E-state index in [9.17, 15) is 14.7 Å². The van der Waals surface area contributed by atoms with Crippen LogP contribution in [0.2, 0.25) is 0 Å². The van der Waals surface area contributed by atoms with Gasteiger partial charge in [0, 0.05) is 33.4 Å². The summed E-state index contributed by atoms with van der Waals surface area (Å²) in [6.07, 6.45) is 4.33. The summed E-state index contributed by atoms with van der Waals surface area (Å²) in [7, 11) is 1.69. The van der Waals surface area contributed by atoms with Crippen LogP contribution in [0.15, 0.2) is 0 Å². The number of aliphatic carboxylic acids is 1. The first kappa shape index (κ1) is 16.1. The molecule has 1 heterocycles. The van der Waals surface area contributed by atoms with Gasteiger partial charge >= 0.3 is 12.0 Å². The molecule has 2 N–H and O–H groups in total. The lowest BCUT2D eigenvalue weighted by Gasteiger charge is -2.24. The van der Waals surface area contributed by atoms with Crippen LogP contribution < -0.4 is 5.32 Å². The van der Waals surface area contributed by atoms with Crippen molar-refractivity contribution in [3.63, 3.8) is 0 Å². The van der Waals surface area contributed by atoms with Crippen LogP contribution in [0.25, 0.3) is 0 Å². The SMILES string of the molecule is CCC1(C(=O)O)CCN(C(=O)NCC2(CCOC)CC2)C1. The molecule has 0 radical (unpaired) electrons. The van der Waals surface area contributed by atoms with Crippen molar-refractivity contribution in [2.45, 2.75) is 39.0 Å². The van der Waals surface area contributed by atoms with Crippen molar-refractivity contribution in [1.29, 1.82) is 0 Å². The zero-order valence-corrected chi connectivity index (χ0v) is 13.0. The predicted octanol–water partition coefficient (Wildman–Crippen LogP) is 1.70. The van der Waals surface area contributed by atoms with Gasteiger partial charge in [0.2, 0.25) is 0 Å². The van der Waals surface area contributed by atoms with Crippen LogP contribution in [-0.2, 0) is 9.53 Å². The van der Waals surface area contributed by atoms with Crippen molar-refractivity contribution < 1.29 is 19.4 Å². The van der Waals surface area contributed by atoms with Crippen LogP contribution in [0.3, 0.4) is 0 Å². The second kappa shape index (κ2) is 6.22. The van der Waals surface area contributed by atoms with Crippen LogP contribution in [-0.4, -0.2) is 55.4 Å². The Morgan fingerprint density at radius 3 is 2.52 bits per heavy atom. The molecule has 0 aromatic heterocycles. The molecule has 0 aromatic rings. The molecule has 1 saturated carbocycles. The fourth-order valence-corrected chi connectivity index (χ4v) is 3.05. The minimum absolute atomic E-state index is 0.129. The molecule has 1 aliphatic carbocycles. The van der Waals surface area contributed by atoms with Crippen molar-refractivity contribution in [2.24, 2.45) is 10.8 Å². The summed E-state index contributed by atoms with van der Waals surface area (Å²) in [5.74, 6) is -0.793. The minimum atomic E-state index is -0.793. The zero-order valence-electron chi connectivity index (χ0n) is 13.0. The van der Waals surface area contributed by atoms with Crippen LogP contribution in [0.5, 0.6) is 0 Å². The van der Waals surface area contributed by atoms with Gasteiger partial charge in [0.1, 0.15) is 0 Å². The lowest BCUT2D eigenvalue weighted by molar-refractivity contribution is -0.148. The number of nitrogens with one attached hydrogen (secondary N) is 1. The van der Waals surface area contributed by atoms with E-state index in [0.717, 1.165) is 25.9 Å². The Morgan fingerprint density at radius 1 is 1.33 bits per heavy atom. The topological polar surface area (TPSA) is 78.9 Å².